The third-order valence-electron chi connectivity index (χ3n) is 4.10. The average molecular weight is 320 g/mol. The lowest BCUT2D eigenvalue weighted by Crippen LogP contribution is -2.46. The van der Waals surface area contributed by atoms with Crippen LogP contribution in [0.5, 0.6) is 5.75 Å². The molecule has 2 aromatic heterocycles. The first-order valence-electron chi connectivity index (χ1n) is 7.34. The number of rotatable bonds is 4. The molecule has 23 heavy (non-hydrogen) atoms. The van der Waals surface area contributed by atoms with E-state index >= 15 is 0 Å². The summed E-state index contributed by atoms with van der Waals surface area (Å²) in [5, 5.41) is 11.9. The molecule has 0 bridgehead atoms. The maximum atomic E-state index is 12.7. The zero-order chi connectivity index (χ0) is 16.6. The molecular formula is C14H20N6O3. The van der Waals surface area contributed by atoms with Crippen LogP contribution in [0.4, 0.5) is 0 Å². The van der Waals surface area contributed by atoms with Crippen LogP contribution in [0.3, 0.4) is 0 Å². The summed E-state index contributed by atoms with van der Waals surface area (Å²) in [5.74, 6) is 0.468. The predicted octanol–water partition coefficient (Wildman–Crippen LogP) is -0.225. The molecular weight excluding hydrogens is 300 g/mol. The highest BCUT2D eigenvalue weighted by atomic mass is 16.5. The first-order chi connectivity index (χ1) is 11.0. The second-order valence-corrected chi connectivity index (χ2v) is 5.67. The fourth-order valence-electron chi connectivity index (χ4n) is 2.55. The fourth-order valence-corrected chi connectivity index (χ4v) is 2.55. The topological polar surface area (TPSA) is 87.3 Å². The minimum Gasteiger partial charge on any atom is -0.482 e. The van der Waals surface area contributed by atoms with E-state index in [-0.39, 0.29) is 18.1 Å². The largest absolute Gasteiger partial charge is 0.482 e. The van der Waals surface area contributed by atoms with Gasteiger partial charge in [-0.3, -0.25) is 14.2 Å². The van der Waals surface area contributed by atoms with Crippen molar-refractivity contribution >= 4 is 5.91 Å². The normalized spacial score (nSPS) is 20.7. The van der Waals surface area contributed by atoms with Gasteiger partial charge in [0.2, 0.25) is 0 Å². The van der Waals surface area contributed by atoms with Crippen molar-refractivity contribution in [1.82, 2.24) is 29.7 Å². The molecule has 1 aliphatic heterocycles. The summed E-state index contributed by atoms with van der Waals surface area (Å²) in [6, 6.07) is -0.191. The van der Waals surface area contributed by atoms with E-state index in [1.807, 2.05) is 14.0 Å². The molecule has 2 aromatic rings. The summed E-state index contributed by atoms with van der Waals surface area (Å²) in [6.45, 7) is 2.67. The Bertz CT molecular complexity index is 709. The highest BCUT2D eigenvalue weighted by Crippen LogP contribution is 2.21. The zero-order valence-corrected chi connectivity index (χ0v) is 13.6. The van der Waals surface area contributed by atoms with Gasteiger partial charge in [-0.05, 0) is 6.92 Å². The van der Waals surface area contributed by atoms with Gasteiger partial charge in [0.25, 0.3) is 5.91 Å². The van der Waals surface area contributed by atoms with Crippen molar-refractivity contribution in [3.05, 3.63) is 23.8 Å². The number of aromatic nitrogens is 5. The van der Waals surface area contributed by atoms with Gasteiger partial charge in [-0.15, -0.1) is 5.10 Å². The molecule has 1 saturated heterocycles. The molecule has 9 nitrogen and oxygen atoms in total. The van der Waals surface area contributed by atoms with Crippen molar-refractivity contribution in [2.45, 2.75) is 19.1 Å². The van der Waals surface area contributed by atoms with Crippen LogP contribution in [0, 0.1) is 6.92 Å². The molecule has 0 saturated carbocycles. The van der Waals surface area contributed by atoms with E-state index in [4.69, 9.17) is 9.47 Å². The Kier molecular flexibility index (Phi) is 4.03. The maximum absolute atomic E-state index is 12.7. The van der Waals surface area contributed by atoms with Crippen LogP contribution in [-0.4, -0.2) is 68.0 Å². The van der Waals surface area contributed by atoms with E-state index in [1.54, 1.807) is 40.8 Å². The quantitative estimate of drug-likeness (QED) is 0.774. The van der Waals surface area contributed by atoms with Crippen molar-refractivity contribution in [3.63, 3.8) is 0 Å². The molecule has 0 N–H and O–H groups in total. The van der Waals surface area contributed by atoms with E-state index in [9.17, 15) is 4.79 Å². The van der Waals surface area contributed by atoms with Crippen LogP contribution in [0.1, 0.15) is 16.2 Å². The van der Waals surface area contributed by atoms with Crippen molar-refractivity contribution in [2.75, 3.05) is 20.3 Å². The molecule has 3 rings (SSSR count). The van der Waals surface area contributed by atoms with Gasteiger partial charge in [0.05, 0.1) is 37.3 Å². The number of carbonyl (C=O) groups excluding carboxylic acids is 1. The highest BCUT2D eigenvalue weighted by Gasteiger charge is 2.37. The van der Waals surface area contributed by atoms with Crippen LogP contribution in [0.25, 0.3) is 0 Å². The molecule has 0 aliphatic carbocycles. The van der Waals surface area contributed by atoms with Crippen molar-refractivity contribution in [3.8, 4) is 5.75 Å². The Balaban J connectivity index is 1.73. The Morgan fingerprint density at radius 1 is 1.43 bits per heavy atom. The van der Waals surface area contributed by atoms with Crippen molar-refractivity contribution in [2.24, 2.45) is 14.1 Å². The summed E-state index contributed by atoms with van der Waals surface area (Å²) in [4.78, 5) is 14.3. The van der Waals surface area contributed by atoms with E-state index in [2.05, 4.69) is 15.4 Å². The highest BCUT2D eigenvalue weighted by molar-refractivity contribution is 5.93. The van der Waals surface area contributed by atoms with Crippen LogP contribution >= 0.6 is 0 Å². The molecule has 124 valence electrons. The molecule has 9 heteroatoms. The number of hydrogen-bond donors (Lipinski definition) is 0. The van der Waals surface area contributed by atoms with E-state index in [0.29, 0.717) is 24.7 Å². The number of amides is 1. The lowest BCUT2D eigenvalue weighted by Gasteiger charge is -2.27. The Morgan fingerprint density at radius 3 is 2.83 bits per heavy atom. The van der Waals surface area contributed by atoms with Gasteiger partial charge in [0.15, 0.2) is 11.4 Å². The van der Waals surface area contributed by atoms with Gasteiger partial charge in [0.1, 0.15) is 6.10 Å². The van der Waals surface area contributed by atoms with Crippen molar-refractivity contribution in [1.29, 1.82) is 0 Å². The Morgan fingerprint density at radius 2 is 2.22 bits per heavy atom. The Hall–Kier alpha value is -2.42. The smallest absolute Gasteiger partial charge is 0.276 e. The lowest BCUT2D eigenvalue weighted by atomic mass is 10.1. The molecule has 0 unspecified atom stereocenters. The lowest BCUT2D eigenvalue weighted by molar-refractivity contribution is 0.0614. The van der Waals surface area contributed by atoms with Crippen molar-refractivity contribution < 1.29 is 14.3 Å². The molecule has 0 spiro atoms. The van der Waals surface area contributed by atoms with E-state index in [1.165, 1.54) is 0 Å². The molecule has 0 radical (unpaired) electrons. The molecule has 1 amide bonds. The second kappa shape index (κ2) is 5.99. The number of ether oxygens (including phenoxy) is 2. The van der Waals surface area contributed by atoms with Gasteiger partial charge >= 0.3 is 0 Å². The first kappa shape index (κ1) is 15.5. The number of likely N-dealkylation sites (N-methyl/N-ethyl adjacent to an activating group) is 1. The monoisotopic (exact) mass is 320 g/mol. The summed E-state index contributed by atoms with van der Waals surface area (Å²) in [7, 11) is 5.31. The number of hydrogen-bond acceptors (Lipinski definition) is 6. The Labute approximate surface area is 133 Å². The number of aryl methyl sites for hydroxylation is 2. The van der Waals surface area contributed by atoms with Crippen LogP contribution in [0.15, 0.2) is 12.4 Å². The predicted molar refractivity (Wildman–Crippen MR) is 80.1 cm³/mol. The number of nitrogens with zero attached hydrogens (tertiary/aromatic N) is 6. The molecule has 2 atom stereocenters. The zero-order valence-electron chi connectivity index (χ0n) is 13.6. The van der Waals surface area contributed by atoms with Crippen LogP contribution < -0.4 is 4.74 Å². The SMILES string of the molecule is Cc1c(C(=O)N(C)[C@H]2COC[C@H]2Oc2cnn(C)c2)nnn1C. The molecule has 1 aliphatic rings. The standard InChI is InChI=1S/C14H20N6O3/c1-9-13(16-17-20(9)4)14(21)19(3)11-7-22-8-12(11)23-10-5-15-18(2)6-10/h5-6,11-12H,7-8H2,1-4H3/t11-,12+/m0/s1. The van der Waals surface area contributed by atoms with E-state index in [0.717, 1.165) is 5.69 Å². The summed E-state index contributed by atoms with van der Waals surface area (Å²) < 4.78 is 14.7. The third kappa shape index (κ3) is 2.91. The summed E-state index contributed by atoms with van der Waals surface area (Å²) in [6.07, 6.45) is 3.18. The van der Waals surface area contributed by atoms with Gasteiger partial charge < -0.3 is 14.4 Å². The third-order valence-corrected chi connectivity index (χ3v) is 4.10. The molecule has 0 aromatic carbocycles. The van der Waals surface area contributed by atoms with Crippen LogP contribution in [0.2, 0.25) is 0 Å². The maximum Gasteiger partial charge on any atom is 0.276 e. The van der Waals surface area contributed by atoms with Gasteiger partial charge in [-0.2, -0.15) is 5.10 Å². The second-order valence-electron chi connectivity index (χ2n) is 5.67. The fraction of sp³-hybridized carbons (Fsp3) is 0.571. The van der Waals surface area contributed by atoms with Gasteiger partial charge in [-0.1, -0.05) is 5.21 Å². The molecule has 3 heterocycles. The first-order valence-corrected chi connectivity index (χ1v) is 7.34. The van der Waals surface area contributed by atoms with E-state index < -0.39 is 0 Å². The van der Waals surface area contributed by atoms with Gasteiger partial charge in [-0.25, -0.2) is 0 Å². The summed E-state index contributed by atoms with van der Waals surface area (Å²) in [5.41, 5.74) is 1.08. The van der Waals surface area contributed by atoms with Crippen LogP contribution in [-0.2, 0) is 18.8 Å². The van der Waals surface area contributed by atoms with Gasteiger partial charge in [0, 0.05) is 21.1 Å². The minimum atomic E-state index is -0.245. The number of carbonyl (C=O) groups is 1. The average Bonchev–Trinajstić information content (AvgIpc) is 3.22. The molecule has 1 fully saturated rings. The summed E-state index contributed by atoms with van der Waals surface area (Å²) >= 11 is 0. The minimum absolute atomic E-state index is 0.189.